The summed E-state index contributed by atoms with van der Waals surface area (Å²) < 4.78 is 0.850. The van der Waals surface area contributed by atoms with Gasteiger partial charge >= 0.3 is 0 Å². The molecular weight excluding hydrogens is 542 g/mol. The van der Waals surface area contributed by atoms with Gasteiger partial charge < -0.3 is 21.3 Å². The van der Waals surface area contributed by atoms with E-state index in [1.807, 2.05) is 30.3 Å². The van der Waals surface area contributed by atoms with Crippen LogP contribution in [0.15, 0.2) is 54.0 Å². The van der Waals surface area contributed by atoms with Crippen molar-refractivity contribution in [2.75, 3.05) is 0 Å². The van der Waals surface area contributed by atoms with Crippen molar-refractivity contribution in [3.05, 3.63) is 65.2 Å². The smallest absolute Gasteiger partial charge is 0.289 e. The first kappa shape index (κ1) is 31.4. The Hall–Kier alpha value is -4.12. The van der Waals surface area contributed by atoms with Crippen LogP contribution in [0.25, 0.3) is 10.2 Å². The highest BCUT2D eigenvalue weighted by molar-refractivity contribution is 7.16. The summed E-state index contributed by atoms with van der Waals surface area (Å²) in [5.74, 6) is -3.58. The number of hydrogen-bond donors (Lipinski definition) is 4. The summed E-state index contributed by atoms with van der Waals surface area (Å²) in [6.07, 6.45) is 0. The number of rotatable bonds is 11. The van der Waals surface area contributed by atoms with Crippen LogP contribution in [0.2, 0.25) is 0 Å². The summed E-state index contributed by atoms with van der Waals surface area (Å²) in [5, 5.41) is 10.6. The zero-order valence-corrected chi connectivity index (χ0v) is 24.9. The van der Waals surface area contributed by atoms with Crippen molar-refractivity contribution in [1.29, 1.82) is 0 Å². The van der Waals surface area contributed by atoms with E-state index >= 15 is 0 Å². The molecule has 1 heterocycles. The van der Waals surface area contributed by atoms with Crippen LogP contribution in [0.3, 0.4) is 0 Å². The molecule has 2 aromatic carbocycles. The number of carbonyl (C=O) groups excluding carboxylic acids is 5. The molecule has 218 valence electrons. The van der Waals surface area contributed by atoms with Crippen molar-refractivity contribution < 1.29 is 24.0 Å². The molecule has 0 aliphatic rings. The SMILES string of the molecule is CC(NC(=O)C(NC(=O)c1ccc2ncsc2c1)C(C)(C)C)C(=O)NC(C(=O)C(=O)NCc1ccccc1)C(C)C. The Kier molecular flexibility index (Phi) is 10.3. The quantitative estimate of drug-likeness (QED) is 0.257. The first-order chi connectivity index (χ1) is 19.3. The summed E-state index contributed by atoms with van der Waals surface area (Å²) >= 11 is 1.41. The van der Waals surface area contributed by atoms with E-state index in [4.69, 9.17) is 0 Å². The molecule has 41 heavy (non-hydrogen) atoms. The lowest BCUT2D eigenvalue weighted by molar-refractivity contribution is -0.141. The van der Waals surface area contributed by atoms with E-state index in [-0.39, 0.29) is 12.5 Å². The lowest BCUT2D eigenvalue weighted by Gasteiger charge is -2.31. The lowest BCUT2D eigenvalue weighted by Crippen LogP contribution is -2.59. The van der Waals surface area contributed by atoms with Gasteiger partial charge in [0.15, 0.2) is 0 Å². The Bertz CT molecular complexity index is 1410. The maximum absolute atomic E-state index is 13.3. The molecule has 1 aromatic heterocycles. The third-order valence-electron chi connectivity index (χ3n) is 6.52. The number of amides is 4. The largest absolute Gasteiger partial charge is 0.345 e. The van der Waals surface area contributed by atoms with E-state index in [1.54, 1.807) is 58.3 Å². The first-order valence-corrected chi connectivity index (χ1v) is 14.3. The van der Waals surface area contributed by atoms with E-state index in [0.29, 0.717) is 5.56 Å². The number of thiazole rings is 1. The molecular formula is C30H37N5O5S. The summed E-state index contributed by atoms with van der Waals surface area (Å²) in [6.45, 7) is 10.5. The van der Waals surface area contributed by atoms with Crippen LogP contribution < -0.4 is 21.3 Å². The highest BCUT2D eigenvalue weighted by Gasteiger charge is 2.36. The standard InChI is InChI=1S/C30H37N5O5S/c1-17(2)23(24(36)28(39)31-15-19-10-8-7-9-11-19)34-26(37)18(3)33-29(40)25(30(4,5)6)35-27(38)20-12-13-21-22(14-20)41-16-32-21/h7-14,16-18,23,25H,15H2,1-6H3,(H,31,39)(H,33,40)(H,34,37)(H,35,38). The van der Waals surface area contributed by atoms with Gasteiger partial charge in [0.05, 0.1) is 21.8 Å². The molecule has 3 unspecified atom stereocenters. The van der Waals surface area contributed by atoms with E-state index in [9.17, 15) is 24.0 Å². The third-order valence-corrected chi connectivity index (χ3v) is 7.31. The topological polar surface area (TPSA) is 146 Å². The lowest BCUT2D eigenvalue weighted by atomic mass is 9.85. The Morgan fingerprint density at radius 2 is 1.56 bits per heavy atom. The van der Waals surface area contributed by atoms with Gasteiger partial charge in [-0.15, -0.1) is 11.3 Å². The minimum absolute atomic E-state index is 0.175. The molecule has 0 spiro atoms. The van der Waals surface area contributed by atoms with E-state index in [0.717, 1.165) is 15.8 Å². The van der Waals surface area contributed by atoms with Crippen molar-refractivity contribution in [2.45, 2.75) is 66.2 Å². The van der Waals surface area contributed by atoms with Gasteiger partial charge in [-0.25, -0.2) is 4.98 Å². The van der Waals surface area contributed by atoms with Crippen molar-refractivity contribution >= 4 is 51.0 Å². The van der Waals surface area contributed by atoms with Gasteiger partial charge in [-0.3, -0.25) is 24.0 Å². The van der Waals surface area contributed by atoms with Crippen molar-refractivity contribution in [3.63, 3.8) is 0 Å². The third kappa shape index (κ3) is 8.43. The number of benzene rings is 2. The second-order valence-electron chi connectivity index (χ2n) is 11.3. The fourth-order valence-corrected chi connectivity index (χ4v) is 4.78. The Morgan fingerprint density at radius 3 is 2.20 bits per heavy atom. The molecule has 3 aromatic rings. The zero-order chi connectivity index (χ0) is 30.3. The number of hydrogen-bond acceptors (Lipinski definition) is 7. The predicted octanol–water partition coefficient (Wildman–Crippen LogP) is 2.97. The second kappa shape index (κ2) is 13.5. The molecule has 0 saturated heterocycles. The number of nitrogens with one attached hydrogen (secondary N) is 4. The Labute approximate surface area is 243 Å². The van der Waals surface area contributed by atoms with E-state index < -0.39 is 53.0 Å². The van der Waals surface area contributed by atoms with Crippen LogP contribution in [-0.4, -0.2) is 52.5 Å². The summed E-state index contributed by atoms with van der Waals surface area (Å²) in [6, 6.07) is 11.2. The van der Waals surface area contributed by atoms with Crippen molar-refractivity contribution in [3.8, 4) is 0 Å². The maximum Gasteiger partial charge on any atom is 0.289 e. The van der Waals surface area contributed by atoms with Gasteiger partial charge in [-0.05, 0) is 42.0 Å². The summed E-state index contributed by atoms with van der Waals surface area (Å²) in [5.41, 5.74) is 3.01. The van der Waals surface area contributed by atoms with Crippen LogP contribution in [-0.2, 0) is 25.7 Å². The molecule has 0 aliphatic carbocycles. The molecule has 0 fully saturated rings. The van der Waals surface area contributed by atoms with E-state index in [2.05, 4.69) is 26.3 Å². The minimum atomic E-state index is -1.09. The van der Waals surface area contributed by atoms with Crippen molar-refractivity contribution in [1.82, 2.24) is 26.3 Å². The van der Waals surface area contributed by atoms with Gasteiger partial charge in [0.2, 0.25) is 17.6 Å². The number of fused-ring (bicyclic) bond motifs is 1. The van der Waals surface area contributed by atoms with Crippen LogP contribution >= 0.6 is 11.3 Å². The summed E-state index contributed by atoms with van der Waals surface area (Å²) in [7, 11) is 0. The zero-order valence-electron chi connectivity index (χ0n) is 24.1. The first-order valence-electron chi connectivity index (χ1n) is 13.4. The highest BCUT2D eigenvalue weighted by atomic mass is 32.1. The fourth-order valence-electron chi connectivity index (χ4n) is 4.07. The van der Waals surface area contributed by atoms with Crippen molar-refractivity contribution in [2.24, 2.45) is 11.3 Å². The normalized spacial score (nSPS) is 13.6. The van der Waals surface area contributed by atoms with Crippen LogP contribution in [0.4, 0.5) is 0 Å². The van der Waals surface area contributed by atoms with Crippen LogP contribution in [0.1, 0.15) is 57.5 Å². The van der Waals surface area contributed by atoms with Gasteiger partial charge in [0, 0.05) is 12.1 Å². The van der Waals surface area contributed by atoms with Gasteiger partial charge in [-0.1, -0.05) is 65.0 Å². The molecule has 3 rings (SSSR count). The van der Waals surface area contributed by atoms with Gasteiger partial charge in [-0.2, -0.15) is 0 Å². The number of Topliss-reactive ketones (excluding diaryl/α,β-unsaturated/α-hetero) is 1. The molecule has 0 bridgehead atoms. The van der Waals surface area contributed by atoms with E-state index in [1.165, 1.54) is 18.3 Å². The average Bonchev–Trinajstić information content (AvgIpc) is 3.40. The van der Waals surface area contributed by atoms with Gasteiger partial charge in [0.1, 0.15) is 12.1 Å². The van der Waals surface area contributed by atoms with Gasteiger partial charge in [0.25, 0.3) is 11.8 Å². The van der Waals surface area contributed by atoms with Crippen LogP contribution in [0.5, 0.6) is 0 Å². The molecule has 3 atom stereocenters. The number of carbonyl (C=O) groups is 5. The minimum Gasteiger partial charge on any atom is -0.345 e. The fraction of sp³-hybridized carbons (Fsp3) is 0.400. The molecule has 4 amide bonds. The maximum atomic E-state index is 13.3. The number of ketones is 1. The molecule has 0 saturated carbocycles. The Morgan fingerprint density at radius 1 is 0.878 bits per heavy atom. The molecule has 0 radical (unpaired) electrons. The Balaban J connectivity index is 1.62. The molecule has 0 aliphatic heterocycles. The molecule has 11 heteroatoms. The summed E-state index contributed by atoms with van der Waals surface area (Å²) in [4.78, 5) is 69.0. The second-order valence-corrected chi connectivity index (χ2v) is 12.2. The highest BCUT2D eigenvalue weighted by Crippen LogP contribution is 2.22. The monoisotopic (exact) mass is 579 g/mol. The average molecular weight is 580 g/mol. The predicted molar refractivity (Wildman–Crippen MR) is 158 cm³/mol. The molecule has 10 nitrogen and oxygen atoms in total. The molecule has 4 N–H and O–H groups in total. The number of nitrogens with zero attached hydrogens (tertiary/aromatic N) is 1. The number of aromatic nitrogens is 1. The van der Waals surface area contributed by atoms with Crippen LogP contribution in [0, 0.1) is 11.3 Å².